The molecule has 0 bridgehead atoms. The molecule has 0 amide bonds. The molecule has 0 unspecified atom stereocenters. The molecule has 0 aromatic carbocycles. The van der Waals surface area contributed by atoms with Gasteiger partial charge in [-0.1, -0.05) is 0 Å². The molecule has 0 rings (SSSR count). The molecule has 4 heteroatoms. The maximum absolute atomic E-state index is 9.51. The molecule has 0 aliphatic rings. The zero-order valence-electron chi connectivity index (χ0n) is 3.85. The van der Waals surface area contributed by atoms with Crippen LogP contribution in [0.2, 0.25) is 0 Å². The third kappa shape index (κ3) is 10.7. The van der Waals surface area contributed by atoms with Gasteiger partial charge in [-0.05, 0) is 0 Å². The molecule has 0 atom stereocenters. The molecule has 0 spiro atoms. The average molecular weight is 174 g/mol. The Morgan fingerprint density at radius 2 is 2.14 bits per heavy atom. The monoisotopic (exact) mass is 172 g/mol. The van der Waals surface area contributed by atoms with Crippen LogP contribution in [0, 0.1) is 0 Å². The quantitative estimate of drug-likeness (QED) is 0.494. The number of hydrogen-bond acceptors (Lipinski definition) is 1. The summed E-state index contributed by atoms with van der Waals surface area (Å²) in [5.74, 6) is -0.639. The molecule has 0 fully saturated rings. The number of carbonyl (C=O) groups is 1. The van der Waals surface area contributed by atoms with Crippen molar-refractivity contribution in [2.75, 3.05) is 5.88 Å². The van der Waals surface area contributed by atoms with Gasteiger partial charge in [0.05, 0.1) is 6.42 Å². The summed E-state index contributed by atoms with van der Waals surface area (Å²) < 4.78 is 0. The fourth-order valence-corrected chi connectivity index (χ4v) is 0.243. The van der Waals surface area contributed by atoms with Crippen molar-refractivity contribution in [3.05, 3.63) is 0 Å². The van der Waals surface area contributed by atoms with E-state index >= 15 is 0 Å². The fourth-order valence-electron chi connectivity index (χ4n) is 0.0808. The van der Waals surface area contributed by atoms with Gasteiger partial charge in [0.2, 0.25) is 0 Å². The second kappa shape index (κ2) is 6.38. The summed E-state index contributed by atoms with van der Waals surface area (Å²) in [5, 5.41) is 7.83. The van der Waals surface area contributed by atoms with Crippen LogP contribution in [0.5, 0.6) is 0 Å². The number of aliphatic carboxylic acids is 1. The van der Waals surface area contributed by atoms with E-state index in [0.29, 0.717) is 0 Å². The second-order valence-electron chi connectivity index (χ2n) is 0.833. The van der Waals surface area contributed by atoms with Crippen molar-refractivity contribution in [2.45, 2.75) is 6.42 Å². The minimum atomic E-state index is -0.843. The summed E-state index contributed by atoms with van der Waals surface area (Å²) in [4.78, 5) is 9.51. The molecule has 0 saturated heterocycles. The first-order valence-corrected chi connectivity index (χ1v) is 2.08. The van der Waals surface area contributed by atoms with Gasteiger partial charge in [-0.15, -0.1) is 11.6 Å². The number of carboxylic acid groups (broad SMARTS) is 1. The van der Waals surface area contributed by atoms with E-state index in [1.54, 1.807) is 0 Å². The van der Waals surface area contributed by atoms with E-state index in [-0.39, 0.29) is 31.8 Å². The molecule has 1 N–H and O–H groups in total. The van der Waals surface area contributed by atoms with Crippen molar-refractivity contribution in [3.8, 4) is 0 Å². The predicted octanol–water partition coefficient (Wildman–Crippen LogP) is 0.697. The number of alkyl halides is 1. The van der Waals surface area contributed by atoms with Gasteiger partial charge in [0.15, 0.2) is 0 Å². The number of halogens is 1. The number of hydrogen-bond donors (Lipinski definition) is 1. The SMILES string of the molecule is O=C(O)CCCl.[Zn]. The normalized spacial score (nSPS) is 7.00. The summed E-state index contributed by atoms with van der Waals surface area (Å²) in [5.41, 5.74) is 0. The van der Waals surface area contributed by atoms with E-state index in [2.05, 4.69) is 0 Å². The molecule has 38 valence electrons. The van der Waals surface area contributed by atoms with Gasteiger partial charge >= 0.3 is 5.97 Å². The van der Waals surface area contributed by atoms with Crippen LogP contribution < -0.4 is 0 Å². The van der Waals surface area contributed by atoms with Crippen molar-refractivity contribution in [1.82, 2.24) is 0 Å². The minimum Gasteiger partial charge on any atom is -0.481 e. The van der Waals surface area contributed by atoms with Crippen LogP contribution in [0.4, 0.5) is 0 Å². The van der Waals surface area contributed by atoms with Crippen molar-refractivity contribution in [3.63, 3.8) is 0 Å². The first kappa shape index (κ1) is 10.4. The van der Waals surface area contributed by atoms with E-state index in [9.17, 15) is 4.79 Å². The predicted molar refractivity (Wildman–Crippen MR) is 23.0 cm³/mol. The summed E-state index contributed by atoms with van der Waals surface area (Å²) >= 11 is 5.02. The fraction of sp³-hybridized carbons (Fsp3) is 0.667. The molecular weight excluding hydrogens is 169 g/mol. The standard InChI is InChI=1S/C3H5ClO2.Zn/c4-2-1-3(5)6;/h1-2H2,(H,5,6);. The Kier molecular flexibility index (Phi) is 9.47. The topological polar surface area (TPSA) is 37.3 Å². The molecule has 0 aromatic heterocycles. The first-order valence-electron chi connectivity index (χ1n) is 1.55. The Hall–Kier alpha value is 0.383. The zero-order valence-corrected chi connectivity index (χ0v) is 7.58. The van der Waals surface area contributed by atoms with Gasteiger partial charge in [0.1, 0.15) is 0 Å². The van der Waals surface area contributed by atoms with Gasteiger partial charge in [-0.25, -0.2) is 0 Å². The van der Waals surface area contributed by atoms with Gasteiger partial charge in [0.25, 0.3) is 0 Å². The maximum atomic E-state index is 9.51. The molecule has 2 nitrogen and oxygen atoms in total. The van der Waals surface area contributed by atoms with E-state index in [1.807, 2.05) is 0 Å². The molecule has 0 aliphatic heterocycles. The van der Waals surface area contributed by atoms with Crippen molar-refractivity contribution in [2.24, 2.45) is 0 Å². The van der Waals surface area contributed by atoms with Crippen LogP contribution in [-0.2, 0) is 24.3 Å². The van der Waals surface area contributed by atoms with Gasteiger partial charge < -0.3 is 5.11 Å². The van der Waals surface area contributed by atoms with Crippen LogP contribution in [0.3, 0.4) is 0 Å². The van der Waals surface area contributed by atoms with Crippen molar-refractivity contribution >= 4 is 17.6 Å². The Balaban J connectivity index is 0. The Labute approximate surface area is 59.6 Å². The number of carboxylic acids is 1. The Morgan fingerprint density at radius 1 is 1.71 bits per heavy atom. The summed E-state index contributed by atoms with van der Waals surface area (Å²) in [6, 6.07) is 0. The third-order valence-electron chi connectivity index (χ3n) is 0.308. The van der Waals surface area contributed by atoms with Gasteiger partial charge in [0, 0.05) is 25.4 Å². The average Bonchev–Trinajstić information content (AvgIpc) is 1.35. The van der Waals surface area contributed by atoms with E-state index < -0.39 is 5.97 Å². The Morgan fingerprint density at radius 3 is 2.14 bits per heavy atom. The molecule has 0 aromatic rings. The molecular formula is C3H5ClO2Zn. The van der Waals surface area contributed by atoms with E-state index in [4.69, 9.17) is 16.7 Å². The molecule has 0 aliphatic carbocycles. The molecule has 0 saturated carbocycles. The summed E-state index contributed by atoms with van der Waals surface area (Å²) in [6.45, 7) is 0. The van der Waals surface area contributed by atoms with Gasteiger partial charge in [-0.2, -0.15) is 0 Å². The molecule has 7 heavy (non-hydrogen) atoms. The van der Waals surface area contributed by atoms with Crippen LogP contribution in [0.15, 0.2) is 0 Å². The summed E-state index contributed by atoms with van der Waals surface area (Å²) in [7, 11) is 0. The van der Waals surface area contributed by atoms with E-state index in [0.717, 1.165) is 0 Å². The minimum absolute atomic E-state index is 0. The molecule has 0 heterocycles. The first-order chi connectivity index (χ1) is 2.77. The largest absolute Gasteiger partial charge is 0.481 e. The van der Waals surface area contributed by atoms with Crippen LogP contribution in [0.25, 0.3) is 0 Å². The van der Waals surface area contributed by atoms with E-state index in [1.165, 1.54) is 0 Å². The third-order valence-corrected chi connectivity index (χ3v) is 0.497. The van der Waals surface area contributed by atoms with Gasteiger partial charge in [-0.3, -0.25) is 4.79 Å². The zero-order chi connectivity index (χ0) is 4.99. The smallest absolute Gasteiger partial charge is 0.304 e. The van der Waals surface area contributed by atoms with Crippen molar-refractivity contribution in [1.29, 1.82) is 0 Å². The number of rotatable bonds is 2. The molecule has 0 radical (unpaired) electrons. The van der Waals surface area contributed by atoms with Crippen LogP contribution in [-0.4, -0.2) is 17.0 Å². The second-order valence-corrected chi connectivity index (χ2v) is 1.21. The Bertz CT molecular complexity index is 56.9. The summed E-state index contributed by atoms with van der Waals surface area (Å²) in [6.07, 6.45) is 0.0571. The maximum Gasteiger partial charge on any atom is 0.304 e. The van der Waals surface area contributed by atoms with Crippen LogP contribution in [0.1, 0.15) is 6.42 Å². The van der Waals surface area contributed by atoms with Crippen molar-refractivity contribution < 1.29 is 29.4 Å². The van der Waals surface area contributed by atoms with Crippen LogP contribution >= 0.6 is 11.6 Å².